The number of anilines is 1. The number of phenols is 1. The lowest BCUT2D eigenvalue weighted by Crippen LogP contribution is -2.54. The largest absolute Gasteiger partial charge is 0.506 e. The summed E-state index contributed by atoms with van der Waals surface area (Å²) in [7, 11) is 0. The Morgan fingerprint density at radius 3 is 2.48 bits per heavy atom. The number of benzene rings is 2. The van der Waals surface area contributed by atoms with Crippen LogP contribution in [0.3, 0.4) is 0 Å². The lowest BCUT2D eigenvalue weighted by molar-refractivity contribution is -0.122. The zero-order valence-electron chi connectivity index (χ0n) is 12.5. The number of nitrogens with one attached hydrogen (secondary N) is 1. The second-order valence-electron chi connectivity index (χ2n) is 5.15. The second-order valence-corrected chi connectivity index (χ2v) is 5.94. The number of hydrogen-bond acceptors (Lipinski definition) is 4. The fraction of sp³-hybridized carbons (Fsp3) is 0. The molecule has 1 saturated heterocycles. The molecule has 1 fully saturated rings. The van der Waals surface area contributed by atoms with Crippen LogP contribution in [0.4, 0.5) is 10.1 Å². The fourth-order valence-electron chi connectivity index (χ4n) is 2.26. The Bertz CT molecular complexity index is 928. The minimum Gasteiger partial charge on any atom is -0.506 e. The number of thiocarbonyl (C=S) groups is 1. The summed E-state index contributed by atoms with van der Waals surface area (Å²) in [5.74, 6) is -1.88. The van der Waals surface area contributed by atoms with Crippen LogP contribution in [0, 0.1) is 5.82 Å². The van der Waals surface area contributed by atoms with Crippen LogP contribution in [0.1, 0.15) is 5.56 Å². The predicted octanol–water partition coefficient (Wildman–Crippen LogP) is 3.02. The van der Waals surface area contributed by atoms with Gasteiger partial charge in [0.1, 0.15) is 17.1 Å². The van der Waals surface area contributed by atoms with Crippen molar-refractivity contribution in [2.75, 3.05) is 4.90 Å². The van der Waals surface area contributed by atoms with Crippen LogP contribution in [0.25, 0.3) is 6.08 Å². The topological polar surface area (TPSA) is 69.6 Å². The maximum absolute atomic E-state index is 13.1. The molecule has 0 spiro atoms. The van der Waals surface area contributed by atoms with E-state index in [2.05, 4.69) is 5.32 Å². The molecular weight excluding hydrogens is 367 g/mol. The Labute approximate surface area is 152 Å². The van der Waals surface area contributed by atoms with Crippen molar-refractivity contribution in [2.45, 2.75) is 0 Å². The molecule has 0 unspecified atom stereocenters. The molecule has 2 aromatic carbocycles. The number of rotatable bonds is 2. The molecule has 2 aromatic rings. The van der Waals surface area contributed by atoms with Gasteiger partial charge in [0.05, 0.1) is 10.7 Å². The average molecular weight is 377 g/mol. The molecule has 0 bridgehead atoms. The molecule has 5 nitrogen and oxygen atoms in total. The fourth-order valence-corrected chi connectivity index (χ4v) is 2.73. The van der Waals surface area contributed by atoms with E-state index < -0.39 is 17.6 Å². The number of hydrogen-bond donors (Lipinski definition) is 2. The van der Waals surface area contributed by atoms with Crippen molar-refractivity contribution in [2.24, 2.45) is 0 Å². The summed E-state index contributed by atoms with van der Waals surface area (Å²) in [5, 5.41) is 11.9. The van der Waals surface area contributed by atoms with Crippen LogP contribution < -0.4 is 10.2 Å². The van der Waals surface area contributed by atoms with E-state index in [1.165, 1.54) is 48.5 Å². The van der Waals surface area contributed by atoms with E-state index in [1.54, 1.807) is 0 Å². The minimum atomic E-state index is -0.655. The van der Waals surface area contributed by atoms with Crippen LogP contribution >= 0.6 is 23.8 Å². The Morgan fingerprint density at radius 1 is 1.16 bits per heavy atom. The zero-order chi connectivity index (χ0) is 18.1. The van der Waals surface area contributed by atoms with Crippen LogP contribution in [0.15, 0.2) is 48.0 Å². The van der Waals surface area contributed by atoms with E-state index in [0.29, 0.717) is 11.3 Å². The first kappa shape index (κ1) is 17.1. The van der Waals surface area contributed by atoms with E-state index >= 15 is 0 Å². The van der Waals surface area contributed by atoms with Crippen LogP contribution in [0.2, 0.25) is 5.02 Å². The molecule has 0 atom stereocenters. The normalized spacial score (nSPS) is 16.3. The van der Waals surface area contributed by atoms with Crippen LogP contribution in [-0.2, 0) is 9.59 Å². The van der Waals surface area contributed by atoms with Crippen molar-refractivity contribution >= 4 is 52.5 Å². The van der Waals surface area contributed by atoms with Gasteiger partial charge in [-0.25, -0.2) is 4.39 Å². The highest BCUT2D eigenvalue weighted by Gasteiger charge is 2.34. The number of nitrogens with zero attached hydrogens (tertiary/aromatic N) is 1. The molecule has 0 radical (unpaired) electrons. The Morgan fingerprint density at radius 2 is 1.84 bits per heavy atom. The van der Waals surface area contributed by atoms with Gasteiger partial charge in [0.15, 0.2) is 5.11 Å². The number of phenolic OH excluding ortho intramolecular Hbond substituents is 1. The van der Waals surface area contributed by atoms with Crippen LogP contribution in [-0.4, -0.2) is 22.0 Å². The first-order valence-electron chi connectivity index (χ1n) is 7.02. The highest BCUT2D eigenvalue weighted by atomic mass is 35.5. The van der Waals surface area contributed by atoms with Crippen molar-refractivity contribution in [3.8, 4) is 5.75 Å². The van der Waals surface area contributed by atoms with Crippen molar-refractivity contribution < 1.29 is 19.1 Å². The van der Waals surface area contributed by atoms with Crippen molar-refractivity contribution in [3.63, 3.8) is 0 Å². The third kappa shape index (κ3) is 3.38. The third-order valence-electron chi connectivity index (χ3n) is 3.47. The summed E-state index contributed by atoms with van der Waals surface area (Å²) >= 11 is 10.9. The van der Waals surface area contributed by atoms with Crippen molar-refractivity contribution in [3.05, 3.63) is 64.4 Å². The Kier molecular flexibility index (Phi) is 4.52. The average Bonchev–Trinajstić information content (AvgIpc) is 2.56. The molecule has 0 saturated carbocycles. The SMILES string of the molecule is O=C1NC(=S)N(c2ccc(F)cc2)C(=O)/C1=C\c1ccc(O)c(Cl)c1. The first-order chi connectivity index (χ1) is 11.9. The summed E-state index contributed by atoms with van der Waals surface area (Å²) in [6.07, 6.45) is 1.33. The summed E-state index contributed by atoms with van der Waals surface area (Å²) in [5.41, 5.74) is 0.610. The Hall–Kier alpha value is -2.77. The van der Waals surface area contributed by atoms with Gasteiger partial charge >= 0.3 is 0 Å². The molecule has 1 aliphatic rings. The number of carbonyl (C=O) groups excluding carboxylic acids is 2. The maximum atomic E-state index is 13.1. The molecule has 2 N–H and O–H groups in total. The molecule has 2 amide bonds. The molecule has 25 heavy (non-hydrogen) atoms. The minimum absolute atomic E-state index is 0.0870. The standard InChI is InChI=1S/C17H10ClFN2O3S/c18-13-8-9(1-6-14(13)22)7-12-15(23)20-17(25)21(16(12)24)11-4-2-10(19)3-5-11/h1-8,22H,(H,20,23,25)/b12-7-. The Balaban J connectivity index is 2.01. The summed E-state index contributed by atoms with van der Waals surface area (Å²) in [6, 6.07) is 9.40. The lowest BCUT2D eigenvalue weighted by Gasteiger charge is -2.28. The predicted molar refractivity (Wildman–Crippen MR) is 95.7 cm³/mol. The van der Waals surface area contributed by atoms with E-state index in [0.717, 1.165) is 4.90 Å². The zero-order valence-corrected chi connectivity index (χ0v) is 14.1. The second kappa shape index (κ2) is 6.62. The van der Waals surface area contributed by atoms with Crippen molar-refractivity contribution in [1.82, 2.24) is 5.32 Å². The highest BCUT2D eigenvalue weighted by molar-refractivity contribution is 7.80. The smallest absolute Gasteiger partial charge is 0.270 e. The monoisotopic (exact) mass is 376 g/mol. The van der Waals surface area contributed by atoms with Crippen LogP contribution in [0.5, 0.6) is 5.75 Å². The van der Waals surface area contributed by atoms with Crippen molar-refractivity contribution in [1.29, 1.82) is 0 Å². The molecule has 1 heterocycles. The molecule has 8 heteroatoms. The molecule has 0 aromatic heterocycles. The van der Waals surface area contributed by atoms with Gasteiger partial charge in [-0.3, -0.25) is 19.8 Å². The summed E-state index contributed by atoms with van der Waals surface area (Å²) in [6.45, 7) is 0. The quantitative estimate of drug-likeness (QED) is 0.480. The van der Waals surface area contributed by atoms with Gasteiger partial charge in [0.25, 0.3) is 11.8 Å². The molecule has 1 aliphatic heterocycles. The van der Waals surface area contributed by atoms with E-state index in [9.17, 15) is 19.1 Å². The molecular formula is C17H10ClFN2O3S. The summed E-state index contributed by atoms with van der Waals surface area (Å²) in [4.78, 5) is 26.0. The van der Waals surface area contributed by atoms with Gasteiger partial charge in [-0.15, -0.1) is 0 Å². The number of aromatic hydroxyl groups is 1. The molecule has 126 valence electrons. The van der Waals surface area contributed by atoms with Gasteiger partial charge in [0, 0.05) is 0 Å². The van der Waals surface area contributed by atoms with Gasteiger partial charge in [-0.05, 0) is 60.3 Å². The van der Waals surface area contributed by atoms with Gasteiger partial charge in [-0.1, -0.05) is 17.7 Å². The van der Waals surface area contributed by atoms with E-state index in [1.807, 2.05) is 0 Å². The van der Waals surface area contributed by atoms with E-state index in [-0.39, 0.29) is 21.5 Å². The number of carbonyl (C=O) groups is 2. The number of amides is 2. The lowest BCUT2D eigenvalue weighted by atomic mass is 10.1. The van der Waals surface area contributed by atoms with Gasteiger partial charge in [-0.2, -0.15) is 0 Å². The molecule has 0 aliphatic carbocycles. The third-order valence-corrected chi connectivity index (χ3v) is 4.06. The molecule has 3 rings (SSSR count). The van der Waals surface area contributed by atoms with E-state index in [4.69, 9.17) is 23.8 Å². The van der Waals surface area contributed by atoms with Gasteiger partial charge in [0.2, 0.25) is 0 Å². The first-order valence-corrected chi connectivity index (χ1v) is 7.81. The van der Waals surface area contributed by atoms with Gasteiger partial charge < -0.3 is 5.11 Å². The highest BCUT2D eigenvalue weighted by Crippen LogP contribution is 2.26. The number of halogens is 2. The summed E-state index contributed by atoms with van der Waals surface area (Å²) < 4.78 is 13.1. The maximum Gasteiger partial charge on any atom is 0.270 e.